The second kappa shape index (κ2) is 10.6. The highest BCUT2D eigenvalue weighted by molar-refractivity contribution is 8.00. The van der Waals surface area contributed by atoms with Crippen molar-refractivity contribution >= 4 is 52.5 Å². The fraction of sp³-hybridized carbons (Fsp3) is 0.250. The van der Waals surface area contributed by atoms with Crippen molar-refractivity contribution in [2.24, 2.45) is 5.41 Å². The predicted octanol–water partition coefficient (Wildman–Crippen LogP) is 1.95. The summed E-state index contributed by atoms with van der Waals surface area (Å²) in [6, 6.07) is 19.8. The summed E-state index contributed by atoms with van der Waals surface area (Å²) in [4.78, 5) is 22.7. The standard InChI is InChI=1S/C13H11NS2.C7H12O4/c15-13(16)14(11-7-3-1-4-8-11)12-9-5-2-6-10-12;1-3-7(4-2,5(8)9)6(10)11/h1-10H,(H,15,16);3-4H2,1-2H3,(H,8,9)(H,10,11)/p-3. The molecule has 7 heteroatoms. The van der Waals surface area contributed by atoms with Gasteiger partial charge in [0.1, 0.15) is 0 Å². The van der Waals surface area contributed by atoms with Crippen molar-refractivity contribution < 1.29 is 19.8 Å². The molecule has 0 heterocycles. The molecular formula is C20H20NO4S2-3. The molecule has 0 saturated carbocycles. The average Bonchev–Trinajstić information content (AvgIpc) is 2.65. The lowest BCUT2D eigenvalue weighted by Crippen LogP contribution is -2.53. The Morgan fingerprint density at radius 3 is 1.41 bits per heavy atom. The number of carbonyl (C=O) groups excluding carboxylic acids is 2. The summed E-state index contributed by atoms with van der Waals surface area (Å²) in [6.45, 7) is 2.96. The molecular weight excluding hydrogens is 382 g/mol. The lowest BCUT2D eigenvalue weighted by molar-refractivity contribution is -0.343. The van der Waals surface area contributed by atoms with Crippen molar-refractivity contribution in [1.29, 1.82) is 0 Å². The Morgan fingerprint density at radius 1 is 0.889 bits per heavy atom. The summed E-state index contributed by atoms with van der Waals surface area (Å²) in [7, 11) is 0. The van der Waals surface area contributed by atoms with E-state index >= 15 is 0 Å². The highest BCUT2D eigenvalue weighted by Gasteiger charge is 2.29. The third-order valence-corrected chi connectivity index (χ3v) is 4.57. The van der Waals surface area contributed by atoms with E-state index in [0.717, 1.165) is 11.4 Å². The van der Waals surface area contributed by atoms with E-state index in [1.165, 1.54) is 13.8 Å². The van der Waals surface area contributed by atoms with Crippen LogP contribution in [0.2, 0.25) is 0 Å². The second-order valence-electron chi connectivity index (χ2n) is 5.64. The van der Waals surface area contributed by atoms with Crippen molar-refractivity contribution in [3.8, 4) is 0 Å². The van der Waals surface area contributed by atoms with Gasteiger partial charge in [0.05, 0.1) is 11.9 Å². The number of hydrogen-bond donors (Lipinski definition) is 0. The molecule has 0 radical (unpaired) electrons. The zero-order valence-electron chi connectivity index (χ0n) is 15.1. The molecule has 0 aromatic heterocycles. The molecule has 2 rings (SSSR count). The van der Waals surface area contributed by atoms with E-state index in [4.69, 9.17) is 24.8 Å². The van der Waals surface area contributed by atoms with Crippen LogP contribution in [0.15, 0.2) is 60.7 Å². The van der Waals surface area contributed by atoms with Crippen LogP contribution in [0, 0.1) is 5.41 Å². The van der Waals surface area contributed by atoms with E-state index in [1.807, 2.05) is 65.6 Å². The van der Waals surface area contributed by atoms with Gasteiger partial charge in [-0.05, 0) is 37.1 Å². The van der Waals surface area contributed by atoms with Crippen LogP contribution in [0.1, 0.15) is 26.7 Å². The van der Waals surface area contributed by atoms with Crippen molar-refractivity contribution in [2.75, 3.05) is 4.90 Å². The number of carboxylic acids is 2. The van der Waals surface area contributed by atoms with Gasteiger partial charge in [-0.1, -0.05) is 54.6 Å². The van der Waals surface area contributed by atoms with E-state index < -0.39 is 17.4 Å². The summed E-state index contributed by atoms with van der Waals surface area (Å²) in [6.07, 6.45) is -0.0116. The first-order valence-electron chi connectivity index (χ1n) is 8.34. The van der Waals surface area contributed by atoms with E-state index in [1.54, 1.807) is 0 Å². The minimum Gasteiger partial charge on any atom is -0.549 e. The van der Waals surface area contributed by atoms with E-state index in [9.17, 15) is 19.8 Å². The summed E-state index contributed by atoms with van der Waals surface area (Å²) in [5.74, 6) is -3.13. The molecule has 2 aromatic carbocycles. The van der Waals surface area contributed by atoms with Gasteiger partial charge in [0.25, 0.3) is 0 Å². The number of benzene rings is 2. The second-order valence-corrected chi connectivity index (χ2v) is 6.67. The monoisotopic (exact) mass is 402 g/mol. The van der Waals surface area contributed by atoms with Crippen LogP contribution in [0.5, 0.6) is 0 Å². The molecule has 0 unspecified atom stereocenters. The Hall–Kier alpha value is -2.51. The number of thiocarbonyl (C=S) groups is 1. The van der Waals surface area contributed by atoms with Crippen molar-refractivity contribution in [2.45, 2.75) is 26.7 Å². The molecule has 0 amide bonds. The van der Waals surface area contributed by atoms with Crippen LogP contribution in [-0.4, -0.2) is 16.3 Å². The van der Waals surface area contributed by atoms with Crippen LogP contribution in [0.4, 0.5) is 11.4 Å². The lowest BCUT2D eigenvalue weighted by atomic mass is 9.83. The minimum atomic E-state index is -1.81. The van der Waals surface area contributed by atoms with E-state index in [-0.39, 0.29) is 12.8 Å². The maximum atomic E-state index is 10.4. The number of carbonyl (C=O) groups is 2. The molecule has 0 N–H and O–H groups in total. The van der Waals surface area contributed by atoms with Crippen molar-refractivity contribution in [3.63, 3.8) is 0 Å². The molecule has 0 aliphatic carbocycles. The van der Waals surface area contributed by atoms with Crippen LogP contribution in [0.25, 0.3) is 0 Å². The van der Waals surface area contributed by atoms with Gasteiger partial charge in [0.2, 0.25) is 0 Å². The van der Waals surface area contributed by atoms with Crippen molar-refractivity contribution in [1.82, 2.24) is 0 Å². The highest BCUT2D eigenvalue weighted by Crippen LogP contribution is 2.25. The number of nitrogens with zero attached hydrogens (tertiary/aromatic N) is 1. The quantitative estimate of drug-likeness (QED) is 0.415. The maximum Gasteiger partial charge on any atom is 0.0532 e. The Kier molecular flexibility index (Phi) is 8.84. The SMILES string of the molecule is CCC(CC)(C(=O)[O-])C(=O)[O-].S=C([S-])N(c1ccccc1)c1ccccc1. The van der Waals surface area contributed by atoms with Gasteiger partial charge in [-0.15, -0.1) is 0 Å². The number of para-hydroxylation sites is 2. The molecule has 0 spiro atoms. The summed E-state index contributed by atoms with van der Waals surface area (Å²) >= 11 is 10.2. The van der Waals surface area contributed by atoms with Gasteiger partial charge in [-0.2, -0.15) is 0 Å². The van der Waals surface area contributed by atoms with Crippen LogP contribution in [-0.2, 0) is 22.2 Å². The van der Waals surface area contributed by atoms with Crippen LogP contribution < -0.4 is 15.1 Å². The third-order valence-electron chi connectivity index (χ3n) is 4.20. The first-order valence-corrected chi connectivity index (χ1v) is 9.15. The number of hydrogen-bond acceptors (Lipinski definition) is 6. The van der Waals surface area contributed by atoms with Crippen molar-refractivity contribution in [3.05, 3.63) is 60.7 Å². The molecule has 5 nitrogen and oxygen atoms in total. The topological polar surface area (TPSA) is 83.5 Å². The molecule has 0 atom stereocenters. The maximum absolute atomic E-state index is 10.4. The van der Waals surface area contributed by atoms with Crippen LogP contribution in [0.3, 0.4) is 0 Å². The fourth-order valence-electron chi connectivity index (χ4n) is 2.42. The minimum absolute atomic E-state index is 0.00579. The molecule has 144 valence electrons. The fourth-order valence-corrected chi connectivity index (χ4v) is 2.85. The molecule has 27 heavy (non-hydrogen) atoms. The van der Waals surface area contributed by atoms with Crippen LogP contribution >= 0.6 is 12.2 Å². The van der Waals surface area contributed by atoms with Gasteiger partial charge >= 0.3 is 0 Å². The smallest absolute Gasteiger partial charge is 0.0532 e. The van der Waals surface area contributed by atoms with Gasteiger partial charge in [0.15, 0.2) is 0 Å². The first kappa shape index (κ1) is 22.5. The summed E-state index contributed by atoms with van der Waals surface area (Å²) < 4.78 is 0.428. The van der Waals surface area contributed by atoms with E-state index in [0.29, 0.717) is 4.32 Å². The zero-order valence-corrected chi connectivity index (χ0v) is 16.7. The Morgan fingerprint density at radius 2 is 1.22 bits per heavy atom. The molecule has 0 aliphatic heterocycles. The molecule has 0 saturated heterocycles. The van der Waals surface area contributed by atoms with Gasteiger partial charge in [0, 0.05) is 16.8 Å². The van der Waals surface area contributed by atoms with Gasteiger partial charge in [-0.3, -0.25) is 0 Å². The number of anilines is 2. The molecule has 2 aromatic rings. The number of rotatable bonds is 6. The third kappa shape index (κ3) is 5.74. The number of aliphatic carboxylic acids is 2. The predicted molar refractivity (Wildman–Crippen MR) is 108 cm³/mol. The zero-order chi connectivity index (χ0) is 20.4. The Balaban J connectivity index is 0.000000293. The molecule has 0 fully saturated rings. The van der Waals surface area contributed by atoms with Gasteiger partial charge in [-0.25, -0.2) is 0 Å². The Labute approximate surface area is 170 Å². The average molecular weight is 403 g/mol. The normalized spacial score (nSPS) is 10.3. The lowest BCUT2D eigenvalue weighted by Gasteiger charge is -2.33. The molecule has 0 bridgehead atoms. The van der Waals surface area contributed by atoms with E-state index in [2.05, 4.69) is 0 Å². The Bertz CT molecular complexity index is 707. The summed E-state index contributed by atoms with van der Waals surface area (Å²) in [5.41, 5.74) is 0.183. The number of carboxylic acid groups (broad SMARTS) is 2. The largest absolute Gasteiger partial charge is 0.549 e. The first-order chi connectivity index (χ1) is 12.8. The highest BCUT2D eigenvalue weighted by atomic mass is 32.1. The molecule has 0 aliphatic rings. The van der Waals surface area contributed by atoms with Gasteiger partial charge < -0.3 is 49.5 Å². The summed E-state index contributed by atoms with van der Waals surface area (Å²) in [5, 5.41) is 20.8.